The molecule has 2 aromatic rings. The maximum atomic E-state index is 12.1. The van der Waals surface area contributed by atoms with Gasteiger partial charge in [0.25, 0.3) is 5.69 Å². The molecule has 2 aromatic carbocycles. The Labute approximate surface area is 156 Å². The van der Waals surface area contributed by atoms with Gasteiger partial charge in [-0.3, -0.25) is 10.1 Å². The molecule has 0 amide bonds. The molecule has 138 valence electrons. The van der Waals surface area contributed by atoms with E-state index in [0.717, 1.165) is 24.3 Å². The molecule has 3 rings (SSSR count). The smallest absolute Gasteiger partial charge is 0.363 e. The van der Waals surface area contributed by atoms with Crippen molar-refractivity contribution in [3.05, 3.63) is 75.5 Å². The maximum Gasteiger partial charge on any atom is 0.363 e. The van der Waals surface area contributed by atoms with Gasteiger partial charge in [-0.05, 0) is 49.8 Å². The van der Waals surface area contributed by atoms with Crippen LogP contribution in [0.3, 0.4) is 0 Å². The first-order chi connectivity index (χ1) is 13.0. The molecule has 0 aliphatic carbocycles. The molecule has 0 spiro atoms. The van der Waals surface area contributed by atoms with Crippen molar-refractivity contribution in [1.82, 2.24) is 0 Å². The Kier molecular flexibility index (Phi) is 5.30. The number of carbonyl (C=O) groups excluding carboxylic acids is 1. The van der Waals surface area contributed by atoms with Crippen molar-refractivity contribution in [3.63, 3.8) is 0 Å². The van der Waals surface area contributed by atoms with E-state index >= 15 is 0 Å². The molecule has 0 N–H and O–H groups in total. The number of hydrogen-bond acceptors (Lipinski definition) is 6. The minimum atomic E-state index is -0.545. The Hall–Kier alpha value is -3.48. The highest BCUT2D eigenvalue weighted by molar-refractivity contribution is 6.12. The molecular formula is C20H19N3O4. The third kappa shape index (κ3) is 4.03. The van der Waals surface area contributed by atoms with Gasteiger partial charge in [-0.1, -0.05) is 12.1 Å². The van der Waals surface area contributed by atoms with Crippen LogP contribution in [0.15, 0.2) is 59.2 Å². The van der Waals surface area contributed by atoms with Crippen LogP contribution in [0, 0.1) is 10.1 Å². The van der Waals surface area contributed by atoms with Crippen molar-refractivity contribution in [2.45, 2.75) is 13.8 Å². The number of aliphatic imine (C=N–C) groups is 1. The van der Waals surface area contributed by atoms with Crippen molar-refractivity contribution in [1.29, 1.82) is 0 Å². The summed E-state index contributed by atoms with van der Waals surface area (Å²) in [6, 6.07) is 13.6. The SMILES string of the molecule is CCN(CC)c1ccc(/C=C2/N=C(c3ccc([N+](=O)[O-])cc3)OC2=O)cc1. The molecule has 0 aromatic heterocycles. The molecule has 7 nitrogen and oxygen atoms in total. The van der Waals surface area contributed by atoms with E-state index in [4.69, 9.17) is 4.74 Å². The summed E-state index contributed by atoms with van der Waals surface area (Å²) in [7, 11) is 0. The van der Waals surface area contributed by atoms with Gasteiger partial charge in [0, 0.05) is 36.5 Å². The quantitative estimate of drug-likeness (QED) is 0.336. The summed E-state index contributed by atoms with van der Waals surface area (Å²) in [5.41, 5.74) is 2.62. The first-order valence-electron chi connectivity index (χ1n) is 8.64. The minimum Gasteiger partial charge on any atom is -0.402 e. The molecule has 0 saturated carbocycles. The van der Waals surface area contributed by atoms with Crippen LogP contribution < -0.4 is 4.90 Å². The van der Waals surface area contributed by atoms with Crippen molar-refractivity contribution in [3.8, 4) is 0 Å². The second-order valence-electron chi connectivity index (χ2n) is 5.90. The second-order valence-corrected chi connectivity index (χ2v) is 5.90. The maximum absolute atomic E-state index is 12.1. The highest BCUT2D eigenvalue weighted by atomic mass is 16.6. The predicted molar refractivity (Wildman–Crippen MR) is 104 cm³/mol. The summed E-state index contributed by atoms with van der Waals surface area (Å²) >= 11 is 0. The van der Waals surface area contributed by atoms with E-state index in [0.29, 0.717) is 5.56 Å². The summed E-state index contributed by atoms with van der Waals surface area (Å²) in [6.45, 7) is 6.04. The molecule has 0 radical (unpaired) electrons. The summed E-state index contributed by atoms with van der Waals surface area (Å²) < 4.78 is 5.19. The lowest BCUT2D eigenvalue weighted by atomic mass is 10.1. The number of nitro groups is 1. The number of rotatable bonds is 6. The van der Waals surface area contributed by atoms with Crippen LogP contribution >= 0.6 is 0 Å². The third-order valence-electron chi connectivity index (χ3n) is 4.27. The predicted octanol–water partition coefficient (Wildman–Crippen LogP) is 3.79. The van der Waals surface area contributed by atoms with E-state index in [9.17, 15) is 14.9 Å². The van der Waals surface area contributed by atoms with Gasteiger partial charge < -0.3 is 9.64 Å². The largest absolute Gasteiger partial charge is 0.402 e. The van der Waals surface area contributed by atoms with Gasteiger partial charge in [0.15, 0.2) is 5.70 Å². The lowest BCUT2D eigenvalue weighted by Crippen LogP contribution is -2.21. The van der Waals surface area contributed by atoms with E-state index in [1.807, 2.05) is 24.3 Å². The van der Waals surface area contributed by atoms with Crippen molar-refractivity contribution in [2.24, 2.45) is 4.99 Å². The van der Waals surface area contributed by atoms with Crippen molar-refractivity contribution >= 4 is 29.3 Å². The zero-order chi connectivity index (χ0) is 19.4. The molecule has 7 heteroatoms. The van der Waals surface area contributed by atoms with Crippen LogP contribution in [0.1, 0.15) is 25.0 Å². The molecule has 1 aliphatic heterocycles. The molecule has 1 aliphatic rings. The fourth-order valence-electron chi connectivity index (χ4n) is 2.79. The number of nitrogens with zero attached hydrogens (tertiary/aromatic N) is 3. The zero-order valence-electron chi connectivity index (χ0n) is 15.1. The van der Waals surface area contributed by atoms with Crippen LogP contribution in [0.5, 0.6) is 0 Å². The Bertz CT molecular complexity index is 911. The lowest BCUT2D eigenvalue weighted by molar-refractivity contribution is -0.384. The topological polar surface area (TPSA) is 85.0 Å². The minimum absolute atomic E-state index is 0.0345. The standard InChI is InChI=1S/C20H19N3O4/c1-3-22(4-2)16-9-5-14(6-10-16)13-18-20(24)27-19(21-18)15-7-11-17(12-8-15)23(25)26/h5-13H,3-4H2,1-2H3/b18-13+. The highest BCUT2D eigenvalue weighted by Gasteiger charge is 2.24. The van der Waals surface area contributed by atoms with E-state index in [1.165, 1.54) is 24.3 Å². The van der Waals surface area contributed by atoms with Crippen LogP contribution in [0.2, 0.25) is 0 Å². The number of benzene rings is 2. The van der Waals surface area contributed by atoms with E-state index in [1.54, 1.807) is 6.08 Å². The molecule has 0 saturated heterocycles. The lowest BCUT2D eigenvalue weighted by Gasteiger charge is -2.20. The fourth-order valence-corrected chi connectivity index (χ4v) is 2.79. The van der Waals surface area contributed by atoms with Crippen LogP contribution in [0.25, 0.3) is 6.08 Å². The number of carbonyl (C=O) groups is 1. The van der Waals surface area contributed by atoms with Gasteiger partial charge in [0.1, 0.15) is 0 Å². The average Bonchev–Trinajstić information content (AvgIpc) is 3.04. The number of esters is 1. The number of non-ortho nitro benzene ring substituents is 1. The fraction of sp³-hybridized carbons (Fsp3) is 0.200. The Balaban J connectivity index is 1.82. The molecule has 0 bridgehead atoms. The van der Waals surface area contributed by atoms with Crippen LogP contribution in [-0.2, 0) is 9.53 Å². The summed E-state index contributed by atoms with van der Waals surface area (Å²) in [6.07, 6.45) is 1.66. The van der Waals surface area contributed by atoms with Gasteiger partial charge in [-0.15, -0.1) is 0 Å². The van der Waals surface area contributed by atoms with Gasteiger partial charge in [0.05, 0.1) is 4.92 Å². The number of hydrogen-bond donors (Lipinski definition) is 0. The van der Waals surface area contributed by atoms with E-state index in [-0.39, 0.29) is 17.3 Å². The molecule has 0 atom stereocenters. The Morgan fingerprint density at radius 2 is 1.70 bits per heavy atom. The number of nitro benzene ring substituents is 1. The van der Waals surface area contributed by atoms with Crippen molar-refractivity contribution < 1.29 is 14.5 Å². The number of cyclic esters (lactones) is 1. The number of anilines is 1. The Morgan fingerprint density at radius 1 is 1.07 bits per heavy atom. The summed E-state index contributed by atoms with van der Waals surface area (Å²) in [5, 5.41) is 10.7. The molecule has 0 unspecified atom stereocenters. The normalized spacial score (nSPS) is 14.8. The van der Waals surface area contributed by atoms with E-state index < -0.39 is 10.9 Å². The summed E-state index contributed by atoms with van der Waals surface area (Å²) in [4.78, 5) is 28.8. The average molecular weight is 365 g/mol. The Morgan fingerprint density at radius 3 is 2.26 bits per heavy atom. The van der Waals surface area contributed by atoms with Gasteiger partial charge in [-0.2, -0.15) is 0 Å². The van der Waals surface area contributed by atoms with Crippen LogP contribution in [-0.4, -0.2) is 29.9 Å². The van der Waals surface area contributed by atoms with Gasteiger partial charge in [0.2, 0.25) is 5.90 Å². The number of ether oxygens (including phenoxy) is 1. The first kappa shape index (κ1) is 18.3. The van der Waals surface area contributed by atoms with Gasteiger partial charge in [-0.25, -0.2) is 9.79 Å². The first-order valence-corrected chi connectivity index (χ1v) is 8.64. The zero-order valence-corrected chi connectivity index (χ0v) is 15.1. The van der Waals surface area contributed by atoms with Crippen LogP contribution in [0.4, 0.5) is 11.4 Å². The molecule has 27 heavy (non-hydrogen) atoms. The monoisotopic (exact) mass is 365 g/mol. The van der Waals surface area contributed by atoms with E-state index in [2.05, 4.69) is 23.7 Å². The molecule has 0 fully saturated rings. The summed E-state index contributed by atoms with van der Waals surface area (Å²) in [5.74, 6) is -0.405. The third-order valence-corrected chi connectivity index (χ3v) is 4.27. The highest BCUT2D eigenvalue weighted by Crippen LogP contribution is 2.22. The van der Waals surface area contributed by atoms with Gasteiger partial charge >= 0.3 is 5.97 Å². The second kappa shape index (κ2) is 7.82. The molecule has 1 heterocycles. The van der Waals surface area contributed by atoms with Crippen molar-refractivity contribution in [2.75, 3.05) is 18.0 Å². The molecular weight excluding hydrogens is 346 g/mol.